The van der Waals surface area contributed by atoms with E-state index in [0.717, 1.165) is 17.2 Å². The number of carboxylic acids is 1. The summed E-state index contributed by atoms with van der Waals surface area (Å²) in [5.41, 5.74) is 1.69. The maximum atomic E-state index is 11.6. The van der Waals surface area contributed by atoms with E-state index < -0.39 is 5.97 Å². The van der Waals surface area contributed by atoms with Gasteiger partial charge in [-0.1, -0.05) is 24.3 Å². The minimum Gasteiger partial charge on any atom is -0.478 e. The number of amides is 1. The summed E-state index contributed by atoms with van der Waals surface area (Å²) >= 11 is 0. The topological polar surface area (TPSA) is 110 Å². The Bertz CT molecular complexity index is 634. The summed E-state index contributed by atoms with van der Waals surface area (Å²) in [6.45, 7) is 0.441. The number of benzene rings is 1. The van der Waals surface area contributed by atoms with Crippen LogP contribution in [0.25, 0.3) is 6.08 Å². The highest BCUT2D eigenvalue weighted by Gasteiger charge is 2.03. The Labute approximate surface area is 120 Å². The van der Waals surface area contributed by atoms with Crippen molar-refractivity contribution in [1.29, 1.82) is 0 Å². The zero-order valence-corrected chi connectivity index (χ0v) is 11.0. The maximum absolute atomic E-state index is 11.6. The van der Waals surface area contributed by atoms with Crippen LogP contribution in [0.1, 0.15) is 11.1 Å². The van der Waals surface area contributed by atoms with Crippen LogP contribution in [-0.4, -0.2) is 37.2 Å². The van der Waals surface area contributed by atoms with E-state index in [0.29, 0.717) is 6.54 Å². The van der Waals surface area contributed by atoms with Gasteiger partial charge in [0.05, 0.1) is 0 Å². The van der Waals surface area contributed by atoms with Crippen molar-refractivity contribution in [3.05, 3.63) is 47.8 Å². The number of carboxylic acid groups (broad SMARTS) is 1. The number of hydrogen-bond acceptors (Lipinski definition) is 5. The predicted molar refractivity (Wildman–Crippen MR) is 72.8 cm³/mol. The molecule has 0 unspecified atom stereocenters. The summed E-state index contributed by atoms with van der Waals surface area (Å²) in [4.78, 5) is 22.0. The number of carbonyl (C=O) groups is 2. The standard InChI is InChI=1S/C13H13N5O3/c19-12(8-18-9-15-16-17-18)14-7-11-3-1-10(2-4-11)5-6-13(20)21/h1-6,9H,7-8H2,(H,14,19)(H,20,21). The fraction of sp³-hybridized carbons (Fsp3) is 0.154. The average Bonchev–Trinajstić information content (AvgIpc) is 2.97. The van der Waals surface area contributed by atoms with Gasteiger partial charge in [0, 0.05) is 12.6 Å². The molecule has 1 aromatic carbocycles. The van der Waals surface area contributed by atoms with Gasteiger partial charge in [-0.2, -0.15) is 0 Å². The molecule has 8 heteroatoms. The number of aliphatic carboxylic acids is 1. The second-order valence-corrected chi connectivity index (χ2v) is 4.20. The minimum atomic E-state index is -0.992. The van der Waals surface area contributed by atoms with E-state index >= 15 is 0 Å². The molecular formula is C13H13N5O3. The zero-order valence-electron chi connectivity index (χ0n) is 11.0. The van der Waals surface area contributed by atoms with Crippen LogP contribution in [0.4, 0.5) is 0 Å². The largest absolute Gasteiger partial charge is 0.478 e. The summed E-state index contributed by atoms with van der Waals surface area (Å²) in [7, 11) is 0. The predicted octanol–water partition coefficient (Wildman–Crippen LogP) is 0.0873. The van der Waals surface area contributed by atoms with Gasteiger partial charge in [0.2, 0.25) is 5.91 Å². The van der Waals surface area contributed by atoms with Crippen molar-refractivity contribution in [2.24, 2.45) is 0 Å². The van der Waals surface area contributed by atoms with E-state index in [1.54, 1.807) is 12.1 Å². The Hall–Kier alpha value is -3.03. The highest BCUT2D eigenvalue weighted by Crippen LogP contribution is 2.06. The lowest BCUT2D eigenvalue weighted by atomic mass is 10.1. The van der Waals surface area contributed by atoms with Gasteiger partial charge < -0.3 is 10.4 Å². The molecule has 8 nitrogen and oxygen atoms in total. The molecule has 1 heterocycles. The maximum Gasteiger partial charge on any atom is 0.328 e. The molecule has 0 saturated heterocycles. The minimum absolute atomic E-state index is 0.0619. The summed E-state index contributed by atoms with van der Waals surface area (Å²) in [6.07, 6.45) is 3.94. The van der Waals surface area contributed by atoms with Gasteiger partial charge in [0.1, 0.15) is 12.9 Å². The molecule has 108 valence electrons. The second-order valence-electron chi connectivity index (χ2n) is 4.20. The number of nitrogens with zero attached hydrogens (tertiary/aromatic N) is 4. The molecule has 0 spiro atoms. The van der Waals surface area contributed by atoms with Crippen LogP contribution in [0.2, 0.25) is 0 Å². The molecule has 2 rings (SSSR count). The molecule has 1 amide bonds. The number of aromatic nitrogens is 4. The molecule has 0 saturated carbocycles. The Kier molecular flexibility index (Phi) is 4.75. The fourth-order valence-corrected chi connectivity index (χ4v) is 1.57. The number of rotatable bonds is 6. The molecule has 0 aliphatic carbocycles. The van der Waals surface area contributed by atoms with Crippen LogP contribution < -0.4 is 5.32 Å². The molecule has 0 aliphatic heterocycles. The van der Waals surface area contributed by atoms with Crippen molar-refractivity contribution in [2.75, 3.05) is 0 Å². The van der Waals surface area contributed by atoms with Crippen LogP contribution in [0.15, 0.2) is 36.7 Å². The smallest absolute Gasteiger partial charge is 0.328 e. The SMILES string of the molecule is O=C(O)C=Cc1ccc(CNC(=O)Cn2cnnn2)cc1. The molecule has 1 aromatic heterocycles. The monoisotopic (exact) mass is 287 g/mol. The second kappa shape index (κ2) is 6.94. The van der Waals surface area contributed by atoms with Crippen LogP contribution >= 0.6 is 0 Å². The van der Waals surface area contributed by atoms with Crippen molar-refractivity contribution >= 4 is 18.0 Å². The number of carbonyl (C=O) groups excluding carboxylic acids is 1. The van der Waals surface area contributed by atoms with Crippen molar-refractivity contribution in [3.63, 3.8) is 0 Å². The first kappa shape index (κ1) is 14.4. The molecule has 0 fully saturated rings. The van der Waals surface area contributed by atoms with Crippen molar-refractivity contribution in [2.45, 2.75) is 13.1 Å². The Morgan fingerprint density at radius 3 is 2.67 bits per heavy atom. The first-order chi connectivity index (χ1) is 10.1. The van der Waals surface area contributed by atoms with Gasteiger partial charge in [-0.3, -0.25) is 4.79 Å². The van der Waals surface area contributed by atoms with Gasteiger partial charge in [-0.15, -0.1) is 5.10 Å². The van der Waals surface area contributed by atoms with Gasteiger partial charge in [-0.25, -0.2) is 9.48 Å². The summed E-state index contributed by atoms with van der Waals surface area (Å²) < 4.78 is 1.33. The molecule has 0 aliphatic rings. The van der Waals surface area contributed by atoms with Gasteiger partial charge in [0.25, 0.3) is 0 Å². The summed E-state index contributed by atoms with van der Waals surface area (Å²) in [5, 5.41) is 21.7. The highest BCUT2D eigenvalue weighted by molar-refractivity contribution is 5.85. The van der Waals surface area contributed by atoms with E-state index in [1.807, 2.05) is 12.1 Å². The average molecular weight is 287 g/mol. The van der Waals surface area contributed by atoms with Gasteiger partial charge in [-0.05, 0) is 27.6 Å². The lowest BCUT2D eigenvalue weighted by Crippen LogP contribution is -2.27. The first-order valence-corrected chi connectivity index (χ1v) is 6.11. The Balaban J connectivity index is 1.83. The van der Waals surface area contributed by atoms with Gasteiger partial charge in [0.15, 0.2) is 0 Å². The number of hydrogen-bond donors (Lipinski definition) is 2. The molecule has 2 N–H and O–H groups in total. The van der Waals surface area contributed by atoms with E-state index in [4.69, 9.17) is 5.11 Å². The lowest BCUT2D eigenvalue weighted by Gasteiger charge is -2.05. The number of nitrogens with one attached hydrogen (secondary N) is 1. The van der Waals surface area contributed by atoms with Crippen molar-refractivity contribution in [3.8, 4) is 0 Å². The van der Waals surface area contributed by atoms with E-state index in [-0.39, 0.29) is 12.5 Å². The molecular weight excluding hydrogens is 274 g/mol. The normalized spacial score (nSPS) is 10.7. The van der Waals surface area contributed by atoms with Crippen molar-refractivity contribution < 1.29 is 14.7 Å². The summed E-state index contributed by atoms with van der Waals surface area (Å²) in [5.74, 6) is -1.19. The molecule has 0 bridgehead atoms. The van der Waals surface area contributed by atoms with Crippen molar-refractivity contribution in [1.82, 2.24) is 25.5 Å². The third-order valence-corrected chi connectivity index (χ3v) is 2.58. The fourth-order valence-electron chi connectivity index (χ4n) is 1.57. The third-order valence-electron chi connectivity index (χ3n) is 2.58. The van der Waals surface area contributed by atoms with E-state index in [9.17, 15) is 9.59 Å². The van der Waals surface area contributed by atoms with Crippen LogP contribution in [-0.2, 0) is 22.7 Å². The van der Waals surface area contributed by atoms with Crippen LogP contribution in [0.5, 0.6) is 0 Å². The Morgan fingerprint density at radius 2 is 2.05 bits per heavy atom. The highest BCUT2D eigenvalue weighted by atomic mass is 16.4. The first-order valence-electron chi connectivity index (χ1n) is 6.11. The van der Waals surface area contributed by atoms with Gasteiger partial charge >= 0.3 is 5.97 Å². The summed E-state index contributed by atoms with van der Waals surface area (Å²) in [6, 6.07) is 7.20. The molecule has 21 heavy (non-hydrogen) atoms. The Morgan fingerprint density at radius 1 is 1.29 bits per heavy atom. The van der Waals surface area contributed by atoms with Crippen LogP contribution in [0, 0.1) is 0 Å². The molecule has 0 radical (unpaired) electrons. The lowest BCUT2D eigenvalue weighted by molar-refractivity contribution is -0.131. The zero-order chi connectivity index (χ0) is 15.1. The quantitative estimate of drug-likeness (QED) is 0.728. The number of tetrazole rings is 1. The molecule has 2 aromatic rings. The van der Waals surface area contributed by atoms with E-state index in [1.165, 1.54) is 17.1 Å². The van der Waals surface area contributed by atoms with E-state index in [2.05, 4.69) is 20.8 Å². The molecule has 0 atom stereocenters. The third kappa shape index (κ3) is 4.86. The van der Waals surface area contributed by atoms with Crippen LogP contribution in [0.3, 0.4) is 0 Å².